The van der Waals surface area contributed by atoms with E-state index in [2.05, 4.69) is 6.58 Å². The molecule has 1 aromatic carbocycles. The second-order valence-electron chi connectivity index (χ2n) is 3.10. The summed E-state index contributed by atoms with van der Waals surface area (Å²) in [6.45, 7) is 4.12. The Morgan fingerprint density at radius 3 is 2.60 bits per heavy atom. The molecule has 2 aromatic rings. The van der Waals surface area contributed by atoms with Gasteiger partial charge in [-0.15, -0.1) is 0 Å². The molecule has 0 aliphatic carbocycles. The number of hydrogen-bond acceptors (Lipinski definition) is 2. The Morgan fingerprint density at radius 1 is 1.20 bits per heavy atom. The third-order valence-corrected chi connectivity index (χ3v) is 2.03. The van der Waals surface area contributed by atoms with Gasteiger partial charge in [0.1, 0.15) is 18.1 Å². The van der Waals surface area contributed by atoms with Gasteiger partial charge in [0.05, 0.1) is 6.26 Å². The summed E-state index contributed by atoms with van der Waals surface area (Å²) in [7, 11) is 0. The zero-order chi connectivity index (χ0) is 10.5. The summed E-state index contributed by atoms with van der Waals surface area (Å²) in [6, 6.07) is 11.6. The van der Waals surface area contributed by atoms with Crippen LogP contribution < -0.4 is 4.74 Å². The number of furan rings is 1. The molecule has 76 valence electrons. The Labute approximate surface area is 88.8 Å². The van der Waals surface area contributed by atoms with E-state index in [1.165, 1.54) is 0 Å². The highest BCUT2D eigenvalue weighted by atomic mass is 16.5. The van der Waals surface area contributed by atoms with Crippen LogP contribution >= 0.6 is 0 Å². The van der Waals surface area contributed by atoms with Crippen LogP contribution in [0.15, 0.2) is 59.7 Å². The fourth-order valence-corrected chi connectivity index (χ4v) is 1.31. The van der Waals surface area contributed by atoms with E-state index >= 15 is 0 Å². The van der Waals surface area contributed by atoms with Crippen LogP contribution in [-0.2, 0) is 0 Å². The highest BCUT2D eigenvalue weighted by Gasteiger charge is 1.99. The van der Waals surface area contributed by atoms with Crippen molar-refractivity contribution >= 4 is 0 Å². The molecule has 1 aromatic heterocycles. The van der Waals surface area contributed by atoms with Gasteiger partial charge in [-0.05, 0) is 36.4 Å². The van der Waals surface area contributed by atoms with Crippen molar-refractivity contribution in [2.75, 3.05) is 6.61 Å². The molecule has 0 unspecified atom stereocenters. The Hall–Kier alpha value is -1.96. The third-order valence-electron chi connectivity index (χ3n) is 2.03. The van der Waals surface area contributed by atoms with E-state index in [-0.39, 0.29) is 0 Å². The van der Waals surface area contributed by atoms with Crippen LogP contribution in [0.1, 0.15) is 0 Å². The minimum Gasteiger partial charge on any atom is -0.490 e. The number of benzene rings is 1. The van der Waals surface area contributed by atoms with Gasteiger partial charge in [-0.25, -0.2) is 0 Å². The Balaban J connectivity index is 2.14. The lowest BCUT2D eigenvalue weighted by Gasteiger charge is -2.03. The molecular weight excluding hydrogens is 188 g/mol. The van der Waals surface area contributed by atoms with E-state index in [4.69, 9.17) is 9.15 Å². The van der Waals surface area contributed by atoms with Gasteiger partial charge < -0.3 is 9.15 Å². The predicted octanol–water partition coefficient (Wildman–Crippen LogP) is 3.51. The van der Waals surface area contributed by atoms with E-state index in [1.807, 2.05) is 36.4 Å². The van der Waals surface area contributed by atoms with Gasteiger partial charge in [-0.2, -0.15) is 0 Å². The minimum absolute atomic E-state index is 0.528. The summed E-state index contributed by atoms with van der Waals surface area (Å²) in [5.41, 5.74) is 1.05. The lowest BCUT2D eigenvalue weighted by Crippen LogP contribution is -1.91. The second-order valence-corrected chi connectivity index (χ2v) is 3.10. The van der Waals surface area contributed by atoms with Crippen LogP contribution in [0.5, 0.6) is 5.75 Å². The SMILES string of the molecule is C=CCOc1ccc(-c2ccco2)cc1. The number of ether oxygens (including phenoxy) is 1. The van der Waals surface area contributed by atoms with Gasteiger partial charge in [0, 0.05) is 5.56 Å². The van der Waals surface area contributed by atoms with E-state index < -0.39 is 0 Å². The summed E-state index contributed by atoms with van der Waals surface area (Å²) in [4.78, 5) is 0. The Kier molecular flexibility index (Phi) is 2.88. The molecule has 2 nitrogen and oxygen atoms in total. The number of rotatable bonds is 4. The molecule has 0 aliphatic rings. The molecule has 0 saturated carbocycles. The second kappa shape index (κ2) is 4.51. The molecule has 0 fully saturated rings. The van der Waals surface area contributed by atoms with Gasteiger partial charge in [-0.3, -0.25) is 0 Å². The highest BCUT2D eigenvalue weighted by Crippen LogP contribution is 2.22. The van der Waals surface area contributed by atoms with Crippen LogP contribution in [0.4, 0.5) is 0 Å². The maximum atomic E-state index is 5.38. The summed E-state index contributed by atoms with van der Waals surface area (Å²) < 4.78 is 10.7. The zero-order valence-electron chi connectivity index (χ0n) is 8.35. The lowest BCUT2D eigenvalue weighted by atomic mass is 10.2. The van der Waals surface area contributed by atoms with Gasteiger partial charge in [0.25, 0.3) is 0 Å². The van der Waals surface area contributed by atoms with Crippen LogP contribution in [0.2, 0.25) is 0 Å². The first-order chi connectivity index (χ1) is 7.40. The molecule has 0 amide bonds. The number of hydrogen-bond donors (Lipinski definition) is 0. The fourth-order valence-electron chi connectivity index (χ4n) is 1.31. The first kappa shape index (κ1) is 9.59. The molecule has 0 atom stereocenters. The average molecular weight is 200 g/mol. The van der Waals surface area contributed by atoms with Gasteiger partial charge in [0.2, 0.25) is 0 Å². The Bertz CT molecular complexity index is 412. The van der Waals surface area contributed by atoms with Gasteiger partial charge in [-0.1, -0.05) is 12.7 Å². The summed E-state index contributed by atoms with van der Waals surface area (Å²) in [6.07, 6.45) is 3.39. The molecule has 0 N–H and O–H groups in total. The average Bonchev–Trinajstić information content (AvgIpc) is 2.80. The topological polar surface area (TPSA) is 22.4 Å². The highest BCUT2D eigenvalue weighted by molar-refractivity contribution is 5.58. The Morgan fingerprint density at radius 2 is 2.00 bits per heavy atom. The van der Waals surface area contributed by atoms with Crippen molar-refractivity contribution in [3.8, 4) is 17.1 Å². The van der Waals surface area contributed by atoms with Crippen molar-refractivity contribution in [3.05, 3.63) is 55.3 Å². The van der Waals surface area contributed by atoms with Crippen molar-refractivity contribution < 1.29 is 9.15 Å². The standard InChI is InChI=1S/C13H12O2/c1-2-9-14-12-7-5-11(6-8-12)13-4-3-10-15-13/h2-8,10H,1,9H2. The monoisotopic (exact) mass is 200 g/mol. The van der Waals surface area contributed by atoms with Crippen LogP contribution in [-0.4, -0.2) is 6.61 Å². The first-order valence-corrected chi connectivity index (χ1v) is 4.78. The summed E-state index contributed by atoms with van der Waals surface area (Å²) >= 11 is 0. The van der Waals surface area contributed by atoms with Crippen LogP contribution in [0.25, 0.3) is 11.3 Å². The van der Waals surface area contributed by atoms with E-state index in [0.29, 0.717) is 6.61 Å². The molecule has 2 heteroatoms. The van der Waals surface area contributed by atoms with Crippen molar-refractivity contribution in [2.24, 2.45) is 0 Å². The van der Waals surface area contributed by atoms with Crippen LogP contribution in [0, 0.1) is 0 Å². The largest absolute Gasteiger partial charge is 0.490 e. The van der Waals surface area contributed by atoms with Crippen LogP contribution in [0.3, 0.4) is 0 Å². The van der Waals surface area contributed by atoms with E-state index in [9.17, 15) is 0 Å². The molecule has 15 heavy (non-hydrogen) atoms. The lowest BCUT2D eigenvalue weighted by molar-refractivity contribution is 0.363. The fraction of sp³-hybridized carbons (Fsp3) is 0.0769. The van der Waals surface area contributed by atoms with E-state index in [0.717, 1.165) is 17.1 Å². The molecule has 2 rings (SSSR count). The summed E-state index contributed by atoms with van der Waals surface area (Å²) in [5, 5.41) is 0. The molecule has 0 spiro atoms. The molecule has 0 bridgehead atoms. The summed E-state index contributed by atoms with van der Waals surface area (Å²) in [5.74, 6) is 1.70. The van der Waals surface area contributed by atoms with Crippen molar-refractivity contribution in [3.63, 3.8) is 0 Å². The van der Waals surface area contributed by atoms with Crippen molar-refractivity contribution in [1.82, 2.24) is 0 Å². The molecule has 1 heterocycles. The zero-order valence-corrected chi connectivity index (χ0v) is 8.35. The first-order valence-electron chi connectivity index (χ1n) is 4.78. The van der Waals surface area contributed by atoms with Gasteiger partial charge in [0.15, 0.2) is 0 Å². The van der Waals surface area contributed by atoms with E-state index in [1.54, 1.807) is 12.3 Å². The maximum absolute atomic E-state index is 5.38. The van der Waals surface area contributed by atoms with Crippen molar-refractivity contribution in [2.45, 2.75) is 0 Å². The molecular formula is C13H12O2. The quantitative estimate of drug-likeness (QED) is 0.704. The maximum Gasteiger partial charge on any atom is 0.133 e. The van der Waals surface area contributed by atoms with Crippen molar-refractivity contribution in [1.29, 1.82) is 0 Å². The molecule has 0 saturated heterocycles. The molecule has 0 aliphatic heterocycles. The molecule has 0 radical (unpaired) electrons. The smallest absolute Gasteiger partial charge is 0.133 e. The minimum atomic E-state index is 0.528. The van der Waals surface area contributed by atoms with Gasteiger partial charge >= 0.3 is 0 Å². The predicted molar refractivity (Wildman–Crippen MR) is 59.8 cm³/mol. The third kappa shape index (κ3) is 2.29. The normalized spacial score (nSPS) is 9.87.